The second kappa shape index (κ2) is 8.59. The quantitative estimate of drug-likeness (QED) is 0.778. The lowest BCUT2D eigenvalue weighted by molar-refractivity contribution is -0.142. The van der Waals surface area contributed by atoms with Crippen LogP contribution in [-0.2, 0) is 9.59 Å². The van der Waals surface area contributed by atoms with Gasteiger partial charge in [-0.05, 0) is 44.4 Å². The Balaban J connectivity index is 0.00000220. The lowest BCUT2D eigenvalue weighted by Gasteiger charge is -2.35. The third-order valence-corrected chi connectivity index (χ3v) is 4.36. The number of amides is 2. The highest BCUT2D eigenvalue weighted by Gasteiger charge is 2.36. The Hall–Kier alpha value is -0.810. The second-order valence-electron chi connectivity index (χ2n) is 6.04. The minimum atomic E-state index is -0.282. The van der Waals surface area contributed by atoms with Crippen LogP contribution < -0.4 is 11.1 Å². The van der Waals surface area contributed by atoms with Crippen molar-refractivity contribution in [3.63, 3.8) is 0 Å². The second-order valence-corrected chi connectivity index (χ2v) is 6.04. The normalized spacial score (nSPS) is 23.1. The van der Waals surface area contributed by atoms with Gasteiger partial charge in [-0.3, -0.25) is 9.59 Å². The molecule has 1 saturated carbocycles. The molecule has 0 radical (unpaired) electrons. The van der Waals surface area contributed by atoms with Crippen molar-refractivity contribution in [2.75, 3.05) is 13.1 Å². The predicted molar refractivity (Wildman–Crippen MR) is 85.2 cm³/mol. The van der Waals surface area contributed by atoms with Crippen LogP contribution in [0.15, 0.2) is 0 Å². The molecule has 0 bridgehead atoms. The molecule has 2 atom stereocenters. The first-order chi connectivity index (χ1) is 9.67. The molecule has 0 spiro atoms. The van der Waals surface area contributed by atoms with Gasteiger partial charge in [0.25, 0.3) is 0 Å². The minimum Gasteiger partial charge on any atom is -0.350 e. The maximum absolute atomic E-state index is 12.5. The summed E-state index contributed by atoms with van der Waals surface area (Å²) in [6.07, 6.45) is 6.48. The zero-order chi connectivity index (χ0) is 14.5. The first-order valence-corrected chi connectivity index (χ1v) is 7.97. The Morgan fingerprint density at radius 1 is 1.29 bits per heavy atom. The monoisotopic (exact) mass is 317 g/mol. The van der Waals surface area contributed by atoms with Crippen molar-refractivity contribution in [2.24, 2.45) is 11.7 Å². The molecule has 2 unspecified atom stereocenters. The van der Waals surface area contributed by atoms with Crippen molar-refractivity contribution in [3.8, 4) is 0 Å². The van der Waals surface area contributed by atoms with E-state index < -0.39 is 0 Å². The highest BCUT2D eigenvalue weighted by Crippen LogP contribution is 2.32. The molecule has 2 fully saturated rings. The molecule has 2 aliphatic rings. The van der Waals surface area contributed by atoms with E-state index in [-0.39, 0.29) is 36.3 Å². The molecular formula is C15H28ClN3O2. The Morgan fingerprint density at radius 3 is 2.57 bits per heavy atom. The standard InChI is InChI=1S/C15H27N3O2.ClH/c1-2-5-14(19)18-9-4-3-6-13(18)15(20)17-12(10-16)11-7-8-11;/h11-13H,2-10,16H2,1H3,(H,17,20);1H. The van der Waals surface area contributed by atoms with Crippen molar-refractivity contribution < 1.29 is 9.59 Å². The first kappa shape index (κ1) is 18.2. The summed E-state index contributed by atoms with van der Waals surface area (Å²) in [6.45, 7) is 3.20. The topological polar surface area (TPSA) is 75.4 Å². The van der Waals surface area contributed by atoms with Crippen molar-refractivity contribution in [1.29, 1.82) is 0 Å². The minimum absolute atomic E-state index is 0. The molecule has 5 nitrogen and oxygen atoms in total. The molecule has 2 amide bonds. The predicted octanol–water partition coefficient (Wildman–Crippen LogP) is 1.44. The molecular weight excluding hydrogens is 290 g/mol. The van der Waals surface area contributed by atoms with Crippen LogP contribution in [0.25, 0.3) is 0 Å². The zero-order valence-corrected chi connectivity index (χ0v) is 13.7. The zero-order valence-electron chi connectivity index (χ0n) is 12.8. The van der Waals surface area contributed by atoms with Gasteiger partial charge < -0.3 is 16.0 Å². The van der Waals surface area contributed by atoms with E-state index in [1.54, 1.807) is 4.90 Å². The van der Waals surface area contributed by atoms with Gasteiger partial charge in [-0.15, -0.1) is 12.4 Å². The molecule has 1 heterocycles. The van der Waals surface area contributed by atoms with E-state index in [4.69, 9.17) is 5.73 Å². The molecule has 3 N–H and O–H groups in total. The number of nitrogens with one attached hydrogen (secondary N) is 1. The van der Waals surface area contributed by atoms with Gasteiger partial charge in [-0.1, -0.05) is 6.92 Å². The number of carbonyl (C=O) groups excluding carboxylic acids is 2. The number of hydrogen-bond donors (Lipinski definition) is 2. The van der Waals surface area contributed by atoms with Gasteiger partial charge in [0.05, 0.1) is 0 Å². The van der Waals surface area contributed by atoms with Gasteiger partial charge in [0.1, 0.15) is 6.04 Å². The summed E-state index contributed by atoms with van der Waals surface area (Å²) in [4.78, 5) is 26.4. The van der Waals surface area contributed by atoms with Crippen LogP contribution in [-0.4, -0.2) is 41.9 Å². The average molecular weight is 318 g/mol. The average Bonchev–Trinajstić information content (AvgIpc) is 3.29. The van der Waals surface area contributed by atoms with E-state index >= 15 is 0 Å². The lowest BCUT2D eigenvalue weighted by atomic mass is 10.00. The van der Waals surface area contributed by atoms with Gasteiger partial charge in [0.15, 0.2) is 0 Å². The fraction of sp³-hybridized carbons (Fsp3) is 0.867. The number of carbonyl (C=O) groups is 2. The SMILES string of the molecule is CCCC(=O)N1CCCCC1C(=O)NC(CN)C1CC1.Cl. The van der Waals surface area contributed by atoms with Crippen LogP contribution in [0.4, 0.5) is 0 Å². The number of piperidine rings is 1. The Kier molecular flexibility index (Phi) is 7.46. The van der Waals surface area contributed by atoms with E-state index in [0.29, 0.717) is 25.4 Å². The van der Waals surface area contributed by atoms with Gasteiger partial charge in [0.2, 0.25) is 11.8 Å². The van der Waals surface area contributed by atoms with Crippen LogP contribution >= 0.6 is 12.4 Å². The van der Waals surface area contributed by atoms with Crippen LogP contribution in [0.1, 0.15) is 51.9 Å². The Labute approximate surface area is 133 Å². The molecule has 1 saturated heterocycles. The number of likely N-dealkylation sites (tertiary alicyclic amines) is 1. The lowest BCUT2D eigenvalue weighted by Crippen LogP contribution is -2.55. The summed E-state index contributed by atoms with van der Waals surface area (Å²) >= 11 is 0. The Morgan fingerprint density at radius 2 is 2.00 bits per heavy atom. The van der Waals surface area contributed by atoms with Crippen molar-refractivity contribution in [2.45, 2.75) is 64.0 Å². The highest BCUT2D eigenvalue weighted by molar-refractivity contribution is 5.88. The van der Waals surface area contributed by atoms with Crippen LogP contribution in [0, 0.1) is 5.92 Å². The highest BCUT2D eigenvalue weighted by atomic mass is 35.5. The molecule has 21 heavy (non-hydrogen) atoms. The molecule has 1 aliphatic carbocycles. The molecule has 2 rings (SSSR count). The largest absolute Gasteiger partial charge is 0.350 e. The molecule has 0 aromatic rings. The molecule has 6 heteroatoms. The number of rotatable bonds is 6. The number of hydrogen-bond acceptors (Lipinski definition) is 3. The fourth-order valence-electron chi connectivity index (χ4n) is 3.01. The van der Waals surface area contributed by atoms with E-state index in [0.717, 1.165) is 38.5 Å². The maximum Gasteiger partial charge on any atom is 0.243 e. The summed E-state index contributed by atoms with van der Waals surface area (Å²) in [7, 11) is 0. The van der Waals surface area contributed by atoms with Crippen LogP contribution in [0.3, 0.4) is 0 Å². The fourth-order valence-corrected chi connectivity index (χ4v) is 3.01. The summed E-state index contributed by atoms with van der Waals surface area (Å²) in [5, 5.41) is 3.07. The smallest absolute Gasteiger partial charge is 0.243 e. The third-order valence-electron chi connectivity index (χ3n) is 4.36. The molecule has 122 valence electrons. The first-order valence-electron chi connectivity index (χ1n) is 7.97. The summed E-state index contributed by atoms with van der Waals surface area (Å²) in [5.74, 6) is 0.659. The number of nitrogens with zero attached hydrogens (tertiary/aromatic N) is 1. The summed E-state index contributed by atoms with van der Waals surface area (Å²) < 4.78 is 0. The van der Waals surface area contributed by atoms with Gasteiger partial charge >= 0.3 is 0 Å². The van der Waals surface area contributed by atoms with Crippen molar-refractivity contribution >= 4 is 24.2 Å². The van der Waals surface area contributed by atoms with Crippen molar-refractivity contribution in [1.82, 2.24) is 10.2 Å². The van der Waals surface area contributed by atoms with Crippen molar-refractivity contribution in [3.05, 3.63) is 0 Å². The van der Waals surface area contributed by atoms with E-state index in [9.17, 15) is 9.59 Å². The number of nitrogens with two attached hydrogens (primary N) is 1. The Bertz CT molecular complexity index is 361. The number of halogens is 1. The van der Waals surface area contributed by atoms with Crippen LogP contribution in [0.2, 0.25) is 0 Å². The van der Waals surface area contributed by atoms with Gasteiger partial charge in [-0.25, -0.2) is 0 Å². The molecule has 0 aromatic heterocycles. The maximum atomic E-state index is 12.5. The summed E-state index contributed by atoms with van der Waals surface area (Å²) in [6, 6.07) is -0.192. The van der Waals surface area contributed by atoms with E-state index in [1.807, 2.05) is 6.92 Å². The third kappa shape index (κ3) is 4.85. The molecule has 1 aliphatic heterocycles. The van der Waals surface area contributed by atoms with E-state index in [2.05, 4.69) is 5.32 Å². The molecule has 0 aromatic carbocycles. The summed E-state index contributed by atoms with van der Waals surface area (Å²) in [5.41, 5.74) is 5.74. The van der Waals surface area contributed by atoms with E-state index in [1.165, 1.54) is 0 Å². The van der Waals surface area contributed by atoms with Gasteiger partial charge in [-0.2, -0.15) is 0 Å². The van der Waals surface area contributed by atoms with Gasteiger partial charge in [0, 0.05) is 25.6 Å². The van der Waals surface area contributed by atoms with Crippen LogP contribution in [0.5, 0.6) is 0 Å².